The molecule has 0 aliphatic heterocycles. The fourth-order valence-electron chi connectivity index (χ4n) is 2.53. The van der Waals surface area contributed by atoms with Crippen LogP contribution in [0.4, 0.5) is 0 Å². The molecular formula is C17H24O2S. The molecule has 0 heterocycles. The third-order valence-electron chi connectivity index (χ3n) is 3.64. The van der Waals surface area contributed by atoms with Gasteiger partial charge in [0.1, 0.15) is 6.10 Å². The van der Waals surface area contributed by atoms with Crippen LogP contribution in [0.3, 0.4) is 0 Å². The van der Waals surface area contributed by atoms with Gasteiger partial charge in [-0.05, 0) is 50.0 Å². The lowest BCUT2D eigenvalue weighted by molar-refractivity contribution is -0.149. The van der Waals surface area contributed by atoms with Crippen molar-refractivity contribution in [1.82, 2.24) is 0 Å². The van der Waals surface area contributed by atoms with Crippen LogP contribution in [0.5, 0.6) is 0 Å². The number of thioether (sulfide) groups is 1. The highest BCUT2D eigenvalue weighted by molar-refractivity contribution is 7.99. The zero-order valence-electron chi connectivity index (χ0n) is 12.1. The molecule has 2 rings (SSSR count). The fraction of sp³-hybridized carbons (Fsp3) is 0.588. The molecule has 1 fully saturated rings. The second-order valence-electron chi connectivity index (χ2n) is 5.37. The second-order valence-corrected chi connectivity index (χ2v) is 6.54. The van der Waals surface area contributed by atoms with Crippen LogP contribution in [0.15, 0.2) is 35.2 Å². The van der Waals surface area contributed by atoms with Crippen LogP contribution < -0.4 is 0 Å². The Labute approximate surface area is 126 Å². The molecule has 0 atom stereocenters. The van der Waals surface area contributed by atoms with E-state index >= 15 is 0 Å². The molecule has 0 radical (unpaired) electrons. The SMILES string of the molecule is O=C(CCCSc1ccccc1)OC1CCCCCC1. The smallest absolute Gasteiger partial charge is 0.306 e. The summed E-state index contributed by atoms with van der Waals surface area (Å²) in [7, 11) is 0. The van der Waals surface area contributed by atoms with Crippen molar-refractivity contribution in [1.29, 1.82) is 0 Å². The number of rotatable bonds is 6. The van der Waals surface area contributed by atoms with E-state index in [1.54, 1.807) is 11.8 Å². The van der Waals surface area contributed by atoms with Gasteiger partial charge in [-0.15, -0.1) is 11.8 Å². The third kappa shape index (κ3) is 6.00. The number of hydrogen-bond acceptors (Lipinski definition) is 3. The Morgan fingerprint density at radius 1 is 1.10 bits per heavy atom. The summed E-state index contributed by atoms with van der Waals surface area (Å²) in [5.74, 6) is 0.967. The summed E-state index contributed by atoms with van der Waals surface area (Å²) in [5, 5.41) is 0. The first kappa shape index (κ1) is 15.4. The lowest BCUT2D eigenvalue weighted by Gasteiger charge is -2.15. The van der Waals surface area contributed by atoms with Crippen LogP contribution in [0.1, 0.15) is 51.4 Å². The Balaban J connectivity index is 1.58. The molecule has 0 bridgehead atoms. The first-order valence-corrected chi connectivity index (χ1v) is 8.70. The van der Waals surface area contributed by atoms with Gasteiger partial charge in [0.05, 0.1) is 0 Å². The highest BCUT2D eigenvalue weighted by Gasteiger charge is 2.16. The van der Waals surface area contributed by atoms with Gasteiger partial charge in [0.2, 0.25) is 0 Å². The first-order chi connectivity index (χ1) is 9.84. The minimum absolute atomic E-state index is 0.00874. The molecule has 0 aromatic heterocycles. The van der Waals surface area contributed by atoms with Crippen LogP contribution in [0.25, 0.3) is 0 Å². The Morgan fingerprint density at radius 3 is 2.50 bits per heavy atom. The molecule has 0 saturated heterocycles. The highest BCUT2D eigenvalue weighted by Crippen LogP contribution is 2.21. The van der Waals surface area contributed by atoms with E-state index in [0.717, 1.165) is 25.0 Å². The Bertz CT molecular complexity index is 383. The van der Waals surface area contributed by atoms with E-state index in [2.05, 4.69) is 12.1 Å². The van der Waals surface area contributed by atoms with Gasteiger partial charge >= 0.3 is 5.97 Å². The molecule has 3 heteroatoms. The van der Waals surface area contributed by atoms with E-state index in [9.17, 15) is 4.79 Å². The summed E-state index contributed by atoms with van der Waals surface area (Å²) in [6.07, 6.45) is 8.76. The molecular weight excluding hydrogens is 268 g/mol. The van der Waals surface area contributed by atoms with E-state index < -0.39 is 0 Å². The minimum atomic E-state index is -0.00874. The summed E-state index contributed by atoms with van der Waals surface area (Å²) in [5.41, 5.74) is 0. The fourth-order valence-corrected chi connectivity index (χ4v) is 3.40. The third-order valence-corrected chi connectivity index (χ3v) is 4.74. The predicted molar refractivity (Wildman–Crippen MR) is 84.0 cm³/mol. The van der Waals surface area contributed by atoms with Crippen molar-refractivity contribution < 1.29 is 9.53 Å². The Morgan fingerprint density at radius 2 is 1.80 bits per heavy atom. The van der Waals surface area contributed by atoms with E-state index in [4.69, 9.17) is 4.74 Å². The number of carbonyl (C=O) groups excluding carboxylic acids is 1. The van der Waals surface area contributed by atoms with E-state index in [1.807, 2.05) is 18.2 Å². The van der Waals surface area contributed by atoms with Gasteiger partial charge in [0.25, 0.3) is 0 Å². The van der Waals surface area contributed by atoms with Gasteiger partial charge in [-0.1, -0.05) is 31.0 Å². The average molecular weight is 292 g/mol. The lowest BCUT2D eigenvalue weighted by Crippen LogP contribution is -2.17. The summed E-state index contributed by atoms with van der Waals surface area (Å²) in [4.78, 5) is 13.1. The maximum absolute atomic E-state index is 11.8. The van der Waals surface area contributed by atoms with Crippen molar-refractivity contribution >= 4 is 17.7 Å². The van der Waals surface area contributed by atoms with E-state index in [-0.39, 0.29) is 12.1 Å². The molecule has 1 saturated carbocycles. The monoisotopic (exact) mass is 292 g/mol. The van der Waals surface area contributed by atoms with Gasteiger partial charge in [-0.3, -0.25) is 4.79 Å². The van der Waals surface area contributed by atoms with Crippen molar-refractivity contribution in [3.8, 4) is 0 Å². The lowest BCUT2D eigenvalue weighted by atomic mass is 10.1. The maximum Gasteiger partial charge on any atom is 0.306 e. The van der Waals surface area contributed by atoms with Gasteiger partial charge in [0.15, 0.2) is 0 Å². The van der Waals surface area contributed by atoms with E-state index in [0.29, 0.717) is 6.42 Å². The quantitative estimate of drug-likeness (QED) is 0.325. The molecule has 1 aromatic carbocycles. The van der Waals surface area contributed by atoms with Gasteiger partial charge in [-0.25, -0.2) is 0 Å². The molecule has 0 spiro atoms. The van der Waals surface area contributed by atoms with Crippen molar-refractivity contribution in [2.24, 2.45) is 0 Å². The highest BCUT2D eigenvalue weighted by atomic mass is 32.2. The molecule has 2 nitrogen and oxygen atoms in total. The van der Waals surface area contributed by atoms with Crippen molar-refractivity contribution in [2.75, 3.05) is 5.75 Å². The first-order valence-electron chi connectivity index (χ1n) is 7.72. The molecule has 1 aromatic rings. The van der Waals surface area contributed by atoms with Gasteiger partial charge in [0, 0.05) is 11.3 Å². The molecule has 1 aliphatic rings. The topological polar surface area (TPSA) is 26.3 Å². The molecule has 0 N–H and O–H groups in total. The number of benzene rings is 1. The van der Waals surface area contributed by atoms with Gasteiger partial charge in [-0.2, -0.15) is 0 Å². The predicted octanol–water partition coefficient (Wildman–Crippen LogP) is 4.82. The Kier molecular flexibility index (Phi) is 6.99. The van der Waals surface area contributed by atoms with Crippen LogP contribution in [0, 0.1) is 0 Å². The zero-order valence-corrected chi connectivity index (χ0v) is 12.9. The van der Waals surface area contributed by atoms with Crippen LogP contribution >= 0.6 is 11.8 Å². The van der Waals surface area contributed by atoms with Gasteiger partial charge < -0.3 is 4.74 Å². The second kappa shape index (κ2) is 9.06. The normalized spacial score (nSPS) is 16.6. The summed E-state index contributed by atoms with van der Waals surface area (Å²) in [6.45, 7) is 0. The minimum Gasteiger partial charge on any atom is -0.462 e. The number of esters is 1. The summed E-state index contributed by atoms with van der Waals surface area (Å²) < 4.78 is 5.58. The van der Waals surface area contributed by atoms with Crippen LogP contribution in [0.2, 0.25) is 0 Å². The standard InChI is InChI=1S/C17H24O2S/c18-17(19-15-9-4-1-2-5-10-15)13-8-14-20-16-11-6-3-7-12-16/h3,6-7,11-12,15H,1-2,4-5,8-10,13-14H2. The molecule has 0 unspecified atom stereocenters. The zero-order chi connectivity index (χ0) is 14.0. The number of hydrogen-bond donors (Lipinski definition) is 0. The molecule has 1 aliphatic carbocycles. The Hall–Kier alpha value is -0.960. The molecule has 20 heavy (non-hydrogen) atoms. The number of carbonyl (C=O) groups is 1. The maximum atomic E-state index is 11.8. The van der Waals surface area contributed by atoms with Crippen molar-refractivity contribution in [3.05, 3.63) is 30.3 Å². The van der Waals surface area contributed by atoms with Crippen molar-refractivity contribution in [3.63, 3.8) is 0 Å². The molecule has 0 amide bonds. The van der Waals surface area contributed by atoms with Crippen LogP contribution in [-0.4, -0.2) is 17.8 Å². The average Bonchev–Trinajstić information content (AvgIpc) is 2.73. The number of ether oxygens (including phenoxy) is 1. The van der Waals surface area contributed by atoms with Crippen LogP contribution in [-0.2, 0) is 9.53 Å². The largest absolute Gasteiger partial charge is 0.462 e. The summed E-state index contributed by atoms with van der Waals surface area (Å²) >= 11 is 1.80. The van der Waals surface area contributed by atoms with E-state index in [1.165, 1.54) is 30.6 Å². The molecule has 110 valence electrons. The van der Waals surface area contributed by atoms with Crippen molar-refractivity contribution in [2.45, 2.75) is 62.4 Å². The summed E-state index contributed by atoms with van der Waals surface area (Å²) in [6, 6.07) is 10.3.